The Morgan fingerprint density at radius 3 is 2.90 bits per heavy atom. The lowest BCUT2D eigenvalue weighted by atomic mass is 9.86. The summed E-state index contributed by atoms with van der Waals surface area (Å²) in [7, 11) is 0. The highest BCUT2D eigenvalue weighted by atomic mass is 32.2. The number of amides is 1. The van der Waals surface area contributed by atoms with E-state index in [-0.39, 0.29) is 23.5 Å². The fraction of sp³-hybridized carbons (Fsp3) is 0.533. The smallest absolute Gasteiger partial charge is 0.230 e. The number of rotatable bonds is 4. The minimum absolute atomic E-state index is 0.0232. The monoisotopic (exact) mass is 296 g/mol. The lowest BCUT2D eigenvalue weighted by Crippen LogP contribution is -2.41. The molecule has 0 spiro atoms. The number of anilines is 1. The molecule has 0 saturated heterocycles. The lowest BCUT2D eigenvalue weighted by Gasteiger charge is -2.29. The second-order valence-corrected chi connectivity index (χ2v) is 6.43. The first-order valence-electron chi connectivity index (χ1n) is 7.03. The highest BCUT2D eigenvalue weighted by molar-refractivity contribution is 8.00. The van der Waals surface area contributed by atoms with E-state index in [0.717, 1.165) is 6.42 Å². The van der Waals surface area contributed by atoms with Crippen LogP contribution in [0.5, 0.6) is 0 Å². The first kappa shape index (κ1) is 15.2. The number of nitrogens with two attached hydrogens (primary N) is 1. The van der Waals surface area contributed by atoms with E-state index in [9.17, 15) is 9.18 Å². The van der Waals surface area contributed by atoms with Gasteiger partial charge in [-0.15, -0.1) is 11.8 Å². The summed E-state index contributed by atoms with van der Waals surface area (Å²) in [4.78, 5) is 12.4. The predicted molar refractivity (Wildman–Crippen MR) is 81.1 cm³/mol. The van der Waals surface area contributed by atoms with Crippen molar-refractivity contribution in [2.24, 2.45) is 5.92 Å². The van der Waals surface area contributed by atoms with Crippen molar-refractivity contribution in [2.75, 3.05) is 11.5 Å². The van der Waals surface area contributed by atoms with E-state index in [4.69, 9.17) is 5.73 Å². The van der Waals surface area contributed by atoms with E-state index in [2.05, 4.69) is 12.2 Å². The van der Waals surface area contributed by atoms with Gasteiger partial charge in [-0.3, -0.25) is 4.79 Å². The van der Waals surface area contributed by atoms with Crippen LogP contribution in [0.3, 0.4) is 0 Å². The minimum atomic E-state index is -0.367. The molecule has 1 aliphatic rings. The summed E-state index contributed by atoms with van der Waals surface area (Å²) in [5.41, 5.74) is 5.89. The van der Waals surface area contributed by atoms with Gasteiger partial charge >= 0.3 is 0 Å². The molecule has 20 heavy (non-hydrogen) atoms. The van der Waals surface area contributed by atoms with E-state index in [1.165, 1.54) is 37.1 Å². The first-order valence-corrected chi connectivity index (χ1v) is 8.02. The molecule has 0 aromatic heterocycles. The van der Waals surface area contributed by atoms with Gasteiger partial charge in [0, 0.05) is 16.6 Å². The molecule has 1 saturated carbocycles. The highest BCUT2D eigenvalue weighted by Gasteiger charge is 2.22. The third-order valence-corrected chi connectivity index (χ3v) is 4.82. The van der Waals surface area contributed by atoms with Crippen molar-refractivity contribution in [2.45, 2.75) is 43.5 Å². The minimum Gasteiger partial charge on any atom is -0.399 e. The molecule has 1 aromatic rings. The molecule has 0 aliphatic heterocycles. The van der Waals surface area contributed by atoms with Crippen molar-refractivity contribution < 1.29 is 9.18 Å². The number of hydrogen-bond acceptors (Lipinski definition) is 3. The summed E-state index contributed by atoms with van der Waals surface area (Å²) >= 11 is 1.21. The van der Waals surface area contributed by atoms with Crippen LogP contribution in [-0.2, 0) is 4.79 Å². The number of hydrogen-bond donors (Lipinski definition) is 2. The zero-order chi connectivity index (χ0) is 14.5. The summed E-state index contributed by atoms with van der Waals surface area (Å²) in [6.45, 7) is 2.18. The number of halogens is 1. The van der Waals surface area contributed by atoms with Crippen LogP contribution in [0, 0.1) is 11.7 Å². The van der Waals surface area contributed by atoms with Crippen LogP contribution < -0.4 is 11.1 Å². The van der Waals surface area contributed by atoms with Crippen LogP contribution >= 0.6 is 11.8 Å². The molecular formula is C15H21FN2OS. The third kappa shape index (κ3) is 4.13. The van der Waals surface area contributed by atoms with Crippen molar-refractivity contribution in [1.29, 1.82) is 0 Å². The van der Waals surface area contributed by atoms with Gasteiger partial charge in [-0.1, -0.05) is 19.8 Å². The molecule has 1 fully saturated rings. The van der Waals surface area contributed by atoms with Gasteiger partial charge < -0.3 is 11.1 Å². The molecule has 0 radical (unpaired) electrons. The van der Waals surface area contributed by atoms with Gasteiger partial charge in [0.1, 0.15) is 5.82 Å². The summed E-state index contributed by atoms with van der Waals surface area (Å²) in [5, 5.41) is 3.06. The van der Waals surface area contributed by atoms with Crippen molar-refractivity contribution >= 4 is 23.4 Å². The molecule has 110 valence electrons. The zero-order valence-electron chi connectivity index (χ0n) is 11.7. The molecule has 5 heteroatoms. The number of nitrogens with one attached hydrogen (secondary N) is 1. The molecular weight excluding hydrogens is 275 g/mol. The van der Waals surface area contributed by atoms with Gasteiger partial charge in [0.15, 0.2) is 0 Å². The van der Waals surface area contributed by atoms with Crippen LogP contribution in [0.25, 0.3) is 0 Å². The number of nitrogen functional groups attached to an aromatic ring is 1. The zero-order valence-corrected chi connectivity index (χ0v) is 12.5. The fourth-order valence-electron chi connectivity index (χ4n) is 2.56. The second kappa shape index (κ2) is 6.97. The summed E-state index contributed by atoms with van der Waals surface area (Å²) in [6, 6.07) is 4.81. The van der Waals surface area contributed by atoms with Crippen molar-refractivity contribution in [3.05, 3.63) is 24.0 Å². The Hall–Kier alpha value is -1.23. The number of carbonyl (C=O) groups is 1. The molecule has 0 bridgehead atoms. The fourth-order valence-corrected chi connectivity index (χ4v) is 3.29. The molecule has 3 nitrogen and oxygen atoms in total. The molecule has 1 aromatic carbocycles. The number of benzene rings is 1. The Balaban J connectivity index is 1.82. The summed E-state index contributed by atoms with van der Waals surface area (Å²) in [5.74, 6) is 0.383. The van der Waals surface area contributed by atoms with Gasteiger partial charge in [-0.2, -0.15) is 0 Å². The molecule has 1 aliphatic carbocycles. The van der Waals surface area contributed by atoms with Crippen LogP contribution in [0.1, 0.15) is 32.6 Å². The van der Waals surface area contributed by atoms with Crippen molar-refractivity contribution in [3.8, 4) is 0 Å². The molecule has 0 heterocycles. The highest BCUT2D eigenvalue weighted by Crippen LogP contribution is 2.25. The average Bonchev–Trinajstić information content (AvgIpc) is 2.40. The van der Waals surface area contributed by atoms with Crippen LogP contribution in [0.4, 0.5) is 10.1 Å². The van der Waals surface area contributed by atoms with Crippen LogP contribution in [-0.4, -0.2) is 17.7 Å². The average molecular weight is 296 g/mol. The lowest BCUT2D eigenvalue weighted by molar-refractivity contribution is -0.119. The maximum Gasteiger partial charge on any atom is 0.230 e. The quantitative estimate of drug-likeness (QED) is 0.662. The Kier molecular flexibility index (Phi) is 5.29. The largest absolute Gasteiger partial charge is 0.399 e. The second-order valence-electron chi connectivity index (χ2n) is 5.41. The summed E-state index contributed by atoms with van der Waals surface area (Å²) < 4.78 is 13.6. The van der Waals surface area contributed by atoms with Gasteiger partial charge in [-0.25, -0.2) is 4.39 Å². The standard InChI is InChI=1S/C15H21FN2OS/c1-10-4-2-3-5-13(10)18-15(19)9-20-14-7-6-11(17)8-12(14)16/h6-8,10,13H,2-5,9,17H2,1H3,(H,18,19). The number of thioether (sulfide) groups is 1. The van der Waals surface area contributed by atoms with E-state index >= 15 is 0 Å². The Morgan fingerprint density at radius 1 is 1.45 bits per heavy atom. The molecule has 2 rings (SSSR count). The first-order chi connectivity index (χ1) is 9.56. The molecule has 3 N–H and O–H groups in total. The van der Waals surface area contributed by atoms with Gasteiger partial charge in [0.2, 0.25) is 5.91 Å². The van der Waals surface area contributed by atoms with E-state index < -0.39 is 0 Å². The molecule has 2 unspecified atom stereocenters. The normalized spacial score (nSPS) is 22.5. The molecule has 1 amide bonds. The van der Waals surface area contributed by atoms with Crippen molar-refractivity contribution in [3.63, 3.8) is 0 Å². The predicted octanol–water partition coefficient (Wildman–Crippen LogP) is 3.19. The Bertz CT molecular complexity index is 481. The Morgan fingerprint density at radius 2 is 2.20 bits per heavy atom. The van der Waals surface area contributed by atoms with Crippen LogP contribution in [0.2, 0.25) is 0 Å². The van der Waals surface area contributed by atoms with E-state index in [1.54, 1.807) is 12.1 Å². The number of carbonyl (C=O) groups excluding carboxylic acids is 1. The third-order valence-electron chi connectivity index (χ3n) is 3.77. The Labute approximate surface area is 123 Å². The van der Waals surface area contributed by atoms with Crippen LogP contribution in [0.15, 0.2) is 23.1 Å². The topological polar surface area (TPSA) is 55.1 Å². The summed E-state index contributed by atoms with van der Waals surface area (Å²) in [6.07, 6.45) is 4.65. The van der Waals surface area contributed by atoms with E-state index in [0.29, 0.717) is 16.5 Å². The maximum atomic E-state index is 13.6. The van der Waals surface area contributed by atoms with Gasteiger partial charge in [0.25, 0.3) is 0 Å². The SMILES string of the molecule is CC1CCCCC1NC(=O)CSc1ccc(N)cc1F. The van der Waals surface area contributed by atoms with Crippen molar-refractivity contribution in [1.82, 2.24) is 5.32 Å². The maximum absolute atomic E-state index is 13.6. The molecule has 2 atom stereocenters. The van der Waals surface area contributed by atoms with Gasteiger partial charge in [0.05, 0.1) is 5.75 Å². The van der Waals surface area contributed by atoms with Gasteiger partial charge in [-0.05, 0) is 37.0 Å². The van der Waals surface area contributed by atoms with E-state index in [1.807, 2.05) is 0 Å².